The molecule has 0 aromatic carbocycles. The van der Waals surface area contributed by atoms with Crippen molar-refractivity contribution in [2.45, 2.75) is 58.2 Å². The second-order valence-electron chi connectivity index (χ2n) is 5.04. The average molecular weight is 233 g/mol. The smallest absolute Gasteiger partial charge is 0.200 e. The first-order valence-corrected chi connectivity index (χ1v) is 7.99. The van der Waals surface area contributed by atoms with Gasteiger partial charge in [-0.1, -0.05) is 41.5 Å². The lowest BCUT2D eigenvalue weighted by Crippen LogP contribution is -2.48. The molecule has 0 saturated carbocycles. The molecule has 0 saturated heterocycles. The Morgan fingerprint density at radius 3 is 1.53 bits per heavy atom. The minimum absolute atomic E-state index is 0.487. The van der Waals surface area contributed by atoms with E-state index < -0.39 is 8.32 Å². The Kier molecular flexibility index (Phi) is 6.67. The lowest BCUT2D eigenvalue weighted by molar-refractivity contribution is 0.0953. The first-order chi connectivity index (χ1) is 6.89. The summed E-state index contributed by atoms with van der Waals surface area (Å²) in [5, 5.41) is 0. The largest absolute Gasteiger partial charge is 0.414 e. The van der Waals surface area contributed by atoms with Gasteiger partial charge >= 0.3 is 0 Å². The van der Waals surface area contributed by atoms with Gasteiger partial charge < -0.3 is 9.26 Å². The number of hydrogen-bond donors (Lipinski definition) is 1. The molecular formula is C11H27NO2Si. The molecule has 0 aliphatic heterocycles. The fourth-order valence-corrected chi connectivity index (χ4v) is 8.20. The van der Waals surface area contributed by atoms with Crippen LogP contribution in [0.25, 0.3) is 0 Å². The predicted molar refractivity (Wildman–Crippen MR) is 67.1 cm³/mol. The summed E-state index contributed by atoms with van der Waals surface area (Å²) in [6, 6.07) is 0. The van der Waals surface area contributed by atoms with Crippen LogP contribution in [0.4, 0.5) is 0 Å². The Morgan fingerprint density at radius 1 is 0.867 bits per heavy atom. The molecule has 4 heteroatoms. The number of hydrogen-bond acceptors (Lipinski definition) is 3. The highest BCUT2D eigenvalue weighted by Gasteiger charge is 2.44. The van der Waals surface area contributed by atoms with Crippen molar-refractivity contribution in [2.24, 2.45) is 5.90 Å². The first-order valence-electron chi connectivity index (χ1n) is 5.85. The van der Waals surface area contributed by atoms with E-state index in [4.69, 9.17) is 10.3 Å². The van der Waals surface area contributed by atoms with Crippen LogP contribution < -0.4 is 5.90 Å². The van der Waals surface area contributed by atoms with Crippen LogP contribution in [0.3, 0.4) is 0 Å². The summed E-state index contributed by atoms with van der Waals surface area (Å²) in [5.74, 6) is 5.02. The molecule has 0 bridgehead atoms. The van der Waals surface area contributed by atoms with Gasteiger partial charge in [-0.3, -0.25) is 0 Å². The van der Waals surface area contributed by atoms with Crippen LogP contribution in [0.1, 0.15) is 41.5 Å². The van der Waals surface area contributed by atoms with Gasteiger partial charge in [-0.2, -0.15) is 0 Å². The molecule has 15 heavy (non-hydrogen) atoms. The standard InChI is InChI=1S/C11H27NO2Si/c1-9(2)15(10(3)4,11(5)6)14-8-7-13-12/h9-11H,7-8,12H2,1-6H3. The molecule has 0 spiro atoms. The third-order valence-electron chi connectivity index (χ3n) is 3.26. The third kappa shape index (κ3) is 3.55. The van der Waals surface area contributed by atoms with Crippen molar-refractivity contribution in [2.75, 3.05) is 13.2 Å². The van der Waals surface area contributed by atoms with Crippen LogP contribution >= 0.6 is 0 Å². The highest BCUT2D eigenvalue weighted by Crippen LogP contribution is 2.41. The summed E-state index contributed by atoms with van der Waals surface area (Å²) < 4.78 is 6.19. The molecule has 0 heterocycles. The van der Waals surface area contributed by atoms with Crippen molar-refractivity contribution in [1.29, 1.82) is 0 Å². The summed E-state index contributed by atoms with van der Waals surface area (Å²) in [6.07, 6.45) is 0. The Labute approximate surface area is 95.4 Å². The molecule has 0 fully saturated rings. The summed E-state index contributed by atoms with van der Waals surface area (Å²) in [4.78, 5) is 4.57. The molecule has 0 rings (SSSR count). The van der Waals surface area contributed by atoms with Crippen molar-refractivity contribution in [3.05, 3.63) is 0 Å². The van der Waals surface area contributed by atoms with Crippen molar-refractivity contribution in [3.63, 3.8) is 0 Å². The van der Waals surface area contributed by atoms with Gasteiger partial charge in [-0.05, 0) is 16.6 Å². The minimum atomic E-state index is -1.70. The monoisotopic (exact) mass is 233 g/mol. The van der Waals surface area contributed by atoms with Crippen molar-refractivity contribution in [3.8, 4) is 0 Å². The minimum Gasteiger partial charge on any atom is -0.414 e. The lowest BCUT2D eigenvalue weighted by Gasteiger charge is -2.42. The van der Waals surface area contributed by atoms with Crippen LogP contribution in [0.2, 0.25) is 16.6 Å². The molecule has 0 radical (unpaired) electrons. The number of rotatable bonds is 7. The lowest BCUT2D eigenvalue weighted by atomic mass is 10.5. The Morgan fingerprint density at radius 2 is 1.27 bits per heavy atom. The molecule has 0 amide bonds. The average Bonchev–Trinajstić information content (AvgIpc) is 2.10. The molecule has 0 aliphatic carbocycles. The topological polar surface area (TPSA) is 44.5 Å². The fourth-order valence-electron chi connectivity index (χ4n) is 2.77. The van der Waals surface area contributed by atoms with Gasteiger partial charge in [0, 0.05) is 0 Å². The van der Waals surface area contributed by atoms with E-state index >= 15 is 0 Å². The quantitative estimate of drug-likeness (QED) is 0.417. The van der Waals surface area contributed by atoms with Crippen molar-refractivity contribution in [1.82, 2.24) is 0 Å². The SMILES string of the molecule is CC(C)[Si](OCCON)(C(C)C)C(C)C. The summed E-state index contributed by atoms with van der Waals surface area (Å²) >= 11 is 0. The van der Waals surface area contributed by atoms with E-state index in [0.717, 1.165) is 0 Å². The van der Waals surface area contributed by atoms with Gasteiger partial charge in [0.05, 0.1) is 13.2 Å². The molecule has 0 unspecified atom stereocenters. The zero-order chi connectivity index (χ0) is 12.1. The Bertz CT molecular complexity index is 150. The normalized spacial score (nSPS) is 13.2. The van der Waals surface area contributed by atoms with Gasteiger partial charge in [0.2, 0.25) is 0 Å². The molecule has 92 valence electrons. The second-order valence-corrected chi connectivity index (χ2v) is 10.5. The van der Waals surface area contributed by atoms with Crippen molar-refractivity contribution >= 4 is 8.32 Å². The molecule has 2 N–H and O–H groups in total. The van der Waals surface area contributed by atoms with Crippen LogP contribution in [-0.2, 0) is 9.26 Å². The molecule has 3 nitrogen and oxygen atoms in total. The van der Waals surface area contributed by atoms with E-state index in [-0.39, 0.29) is 0 Å². The molecular weight excluding hydrogens is 206 g/mol. The number of nitrogens with two attached hydrogens (primary N) is 1. The highest BCUT2D eigenvalue weighted by molar-refractivity contribution is 6.77. The van der Waals surface area contributed by atoms with Gasteiger partial charge in [-0.25, -0.2) is 5.90 Å². The van der Waals surface area contributed by atoms with E-state index in [2.05, 4.69) is 46.4 Å². The summed E-state index contributed by atoms with van der Waals surface area (Å²) in [7, 11) is -1.70. The van der Waals surface area contributed by atoms with E-state index in [9.17, 15) is 0 Å². The van der Waals surface area contributed by atoms with Gasteiger partial charge in [-0.15, -0.1) is 0 Å². The van der Waals surface area contributed by atoms with Crippen LogP contribution in [0, 0.1) is 0 Å². The molecule has 0 atom stereocenters. The maximum absolute atomic E-state index is 6.19. The third-order valence-corrected chi connectivity index (χ3v) is 9.38. The van der Waals surface area contributed by atoms with Crippen LogP contribution in [0.5, 0.6) is 0 Å². The van der Waals surface area contributed by atoms with Gasteiger partial charge in [0.1, 0.15) is 0 Å². The Hall–Kier alpha value is 0.0969. The van der Waals surface area contributed by atoms with E-state index in [0.29, 0.717) is 29.8 Å². The molecule has 0 aromatic rings. The fraction of sp³-hybridized carbons (Fsp3) is 1.00. The molecule has 0 aliphatic rings. The van der Waals surface area contributed by atoms with E-state index in [1.807, 2.05) is 0 Å². The summed E-state index contributed by atoms with van der Waals surface area (Å²) in [6.45, 7) is 14.7. The van der Waals surface area contributed by atoms with Crippen molar-refractivity contribution < 1.29 is 9.26 Å². The van der Waals surface area contributed by atoms with Gasteiger partial charge in [0.15, 0.2) is 8.32 Å². The van der Waals surface area contributed by atoms with Crippen LogP contribution in [-0.4, -0.2) is 21.5 Å². The second kappa shape index (κ2) is 6.63. The Balaban J connectivity index is 4.65. The zero-order valence-corrected chi connectivity index (χ0v) is 12.0. The molecule has 0 aromatic heterocycles. The maximum Gasteiger partial charge on any atom is 0.200 e. The predicted octanol–water partition coefficient (Wildman–Crippen LogP) is 3.07. The first kappa shape index (κ1) is 15.1. The summed E-state index contributed by atoms with van der Waals surface area (Å²) in [5.41, 5.74) is 1.86. The van der Waals surface area contributed by atoms with E-state index in [1.165, 1.54) is 0 Å². The van der Waals surface area contributed by atoms with Crippen LogP contribution in [0.15, 0.2) is 0 Å². The van der Waals surface area contributed by atoms with E-state index in [1.54, 1.807) is 0 Å². The highest BCUT2D eigenvalue weighted by atomic mass is 28.4. The maximum atomic E-state index is 6.19. The zero-order valence-electron chi connectivity index (χ0n) is 11.0. The van der Waals surface area contributed by atoms with Gasteiger partial charge in [0.25, 0.3) is 0 Å².